The van der Waals surface area contributed by atoms with Crippen LogP contribution in [0.25, 0.3) is 0 Å². The average molecular weight is 438 g/mol. The monoisotopic (exact) mass is 437 g/mol. The zero-order chi connectivity index (χ0) is 22.4. The first-order valence-corrected chi connectivity index (χ1v) is 10.7. The van der Waals surface area contributed by atoms with Crippen molar-refractivity contribution in [3.05, 3.63) is 81.6 Å². The third-order valence-electron chi connectivity index (χ3n) is 4.86. The van der Waals surface area contributed by atoms with E-state index in [4.69, 9.17) is 11.6 Å². The van der Waals surface area contributed by atoms with Gasteiger partial charge in [0, 0.05) is 34.6 Å². The molecule has 162 valence electrons. The van der Waals surface area contributed by atoms with E-state index >= 15 is 0 Å². The third-order valence-corrected chi connectivity index (χ3v) is 5.10. The van der Waals surface area contributed by atoms with Gasteiger partial charge in [-0.2, -0.15) is 5.10 Å². The maximum absolute atomic E-state index is 12.8. The second kappa shape index (κ2) is 10.3. The number of guanidine groups is 1. The molecule has 3 aromatic rings. The second-order valence-corrected chi connectivity index (χ2v) is 8.01. The van der Waals surface area contributed by atoms with Crippen molar-refractivity contribution >= 4 is 29.2 Å². The largest absolute Gasteiger partial charge is 0.326 e. The molecule has 0 saturated heterocycles. The van der Waals surface area contributed by atoms with Crippen LogP contribution in [0.15, 0.2) is 53.7 Å². The van der Waals surface area contributed by atoms with Crippen LogP contribution in [0.3, 0.4) is 0 Å². The topological polar surface area (TPSA) is 71.3 Å². The number of carbonyl (C=O) groups excluding carboxylic acids is 1. The van der Waals surface area contributed by atoms with Gasteiger partial charge in [-0.15, -0.1) is 0 Å². The predicted octanol–water partition coefficient (Wildman–Crippen LogP) is 5.27. The lowest BCUT2D eigenvalue weighted by atomic mass is 10.1. The minimum absolute atomic E-state index is 0.222. The summed E-state index contributed by atoms with van der Waals surface area (Å²) in [4.78, 5) is 17.5. The number of aryl methyl sites for hydroxylation is 4. The number of carbonyl (C=O) groups is 1. The van der Waals surface area contributed by atoms with E-state index in [9.17, 15) is 4.79 Å². The number of hydrogen-bond acceptors (Lipinski definition) is 3. The van der Waals surface area contributed by atoms with Crippen LogP contribution >= 0.6 is 11.6 Å². The smallest absolute Gasteiger partial charge is 0.257 e. The fourth-order valence-corrected chi connectivity index (χ4v) is 3.42. The Morgan fingerprint density at radius 2 is 1.97 bits per heavy atom. The van der Waals surface area contributed by atoms with E-state index in [-0.39, 0.29) is 5.91 Å². The molecule has 1 aromatic heterocycles. The maximum Gasteiger partial charge on any atom is 0.257 e. The van der Waals surface area contributed by atoms with E-state index in [0.29, 0.717) is 23.1 Å². The lowest BCUT2D eigenvalue weighted by molar-refractivity contribution is 0.0977. The van der Waals surface area contributed by atoms with Gasteiger partial charge in [0.1, 0.15) is 0 Å². The van der Waals surface area contributed by atoms with Crippen molar-refractivity contribution in [2.24, 2.45) is 4.99 Å². The Labute approximate surface area is 188 Å². The van der Waals surface area contributed by atoms with Crippen molar-refractivity contribution in [1.82, 2.24) is 15.1 Å². The van der Waals surface area contributed by atoms with Crippen LogP contribution in [-0.2, 0) is 13.1 Å². The molecule has 1 heterocycles. The zero-order valence-electron chi connectivity index (χ0n) is 18.4. The number of aromatic nitrogens is 2. The highest BCUT2D eigenvalue weighted by atomic mass is 35.5. The molecular formula is C24H28ClN5O. The maximum atomic E-state index is 12.8. The molecule has 1 amide bonds. The van der Waals surface area contributed by atoms with Gasteiger partial charge in [-0.05, 0) is 63.1 Å². The van der Waals surface area contributed by atoms with Crippen molar-refractivity contribution < 1.29 is 4.79 Å². The SMILES string of the molecule is CCCn1cc(CN=C(NC(=O)c2cccc(C)c2)Nc2ccc(Cl)cc2C)c(C)n1. The highest BCUT2D eigenvalue weighted by molar-refractivity contribution is 6.30. The summed E-state index contributed by atoms with van der Waals surface area (Å²) in [6.07, 6.45) is 3.02. The Morgan fingerprint density at radius 3 is 2.68 bits per heavy atom. The number of aliphatic imine (C=N–C) groups is 1. The molecule has 0 atom stereocenters. The molecular weight excluding hydrogens is 410 g/mol. The molecule has 2 N–H and O–H groups in total. The van der Waals surface area contributed by atoms with E-state index in [0.717, 1.165) is 41.0 Å². The van der Waals surface area contributed by atoms with Crippen molar-refractivity contribution in [3.8, 4) is 0 Å². The first-order valence-electron chi connectivity index (χ1n) is 10.3. The molecule has 0 spiro atoms. The minimum Gasteiger partial charge on any atom is -0.326 e. The number of nitrogens with zero attached hydrogens (tertiary/aromatic N) is 3. The van der Waals surface area contributed by atoms with Gasteiger partial charge in [0.15, 0.2) is 0 Å². The van der Waals surface area contributed by atoms with Crippen molar-refractivity contribution in [1.29, 1.82) is 0 Å². The number of benzene rings is 2. The van der Waals surface area contributed by atoms with Gasteiger partial charge in [0.05, 0.1) is 12.2 Å². The fourth-order valence-electron chi connectivity index (χ4n) is 3.19. The van der Waals surface area contributed by atoms with Crippen LogP contribution in [0.4, 0.5) is 5.69 Å². The van der Waals surface area contributed by atoms with Gasteiger partial charge < -0.3 is 5.32 Å². The van der Waals surface area contributed by atoms with Gasteiger partial charge >= 0.3 is 0 Å². The van der Waals surface area contributed by atoms with Gasteiger partial charge in [0.2, 0.25) is 5.96 Å². The van der Waals surface area contributed by atoms with E-state index in [1.165, 1.54) is 0 Å². The first kappa shape index (κ1) is 22.6. The predicted molar refractivity (Wildman–Crippen MR) is 127 cm³/mol. The van der Waals surface area contributed by atoms with E-state index < -0.39 is 0 Å². The molecule has 31 heavy (non-hydrogen) atoms. The van der Waals surface area contributed by atoms with Crippen LogP contribution in [0.1, 0.15) is 46.1 Å². The summed E-state index contributed by atoms with van der Waals surface area (Å²) in [5, 5.41) is 11.3. The highest BCUT2D eigenvalue weighted by Gasteiger charge is 2.12. The van der Waals surface area contributed by atoms with Crippen LogP contribution in [-0.4, -0.2) is 21.6 Å². The number of nitrogens with one attached hydrogen (secondary N) is 2. The Morgan fingerprint density at radius 1 is 1.16 bits per heavy atom. The molecule has 0 unspecified atom stereocenters. The normalized spacial score (nSPS) is 11.5. The molecule has 0 bridgehead atoms. The summed E-state index contributed by atoms with van der Waals surface area (Å²) in [6, 6.07) is 13.0. The molecule has 0 aliphatic carbocycles. The standard InChI is InChI=1S/C24H28ClN5O/c1-5-11-30-15-20(18(4)29-30)14-26-24(27-22-10-9-21(25)13-17(22)3)28-23(31)19-8-6-7-16(2)12-19/h6-10,12-13,15H,5,11,14H2,1-4H3,(H2,26,27,28,31). The quantitative estimate of drug-likeness (QED) is 0.407. The van der Waals surface area contributed by atoms with Crippen LogP contribution in [0.5, 0.6) is 0 Å². The number of halogens is 1. The summed E-state index contributed by atoms with van der Waals surface area (Å²) in [7, 11) is 0. The van der Waals surface area contributed by atoms with E-state index in [2.05, 4.69) is 27.6 Å². The van der Waals surface area contributed by atoms with Gasteiger partial charge in [-0.3, -0.25) is 14.8 Å². The Hall–Kier alpha value is -3.12. The summed E-state index contributed by atoms with van der Waals surface area (Å²) in [5.41, 5.74) is 5.33. The summed E-state index contributed by atoms with van der Waals surface area (Å²) in [6.45, 7) is 9.26. The summed E-state index contributed by atoms with van der Waals surface area (Å²) < 4.78 is 1.93. The lowest BCUT2D eigenvalue weighted by Crippen LogP contribution is -2.36. The highest BCUT2D eigenvalue weighted by Crippen LogP contribution is 2.19. The average Bonchev–Trinajstić information content (AvgIpc) is 3.07. The zero-order valence-corrected chi connectivity index (χ0v) is 19.1. The molecule has 2 aromatic carbocycles. The molecule has 0 radical (unpaired) electrons. The van der Waals surface area contributed by atoms with E-state index in [1.54, 1.807) is 12.1 Å². The van der Waals surface area contributed by atoms with Crippen LogP contribution in [0.2, 0.25) is 5.02 Å². The number of amides is 1. The number of rotatable bonds is 6. The first-order chi connectivity index (χ1) is 14.9. The molecule has 0 saturated carbocycles. The van der Waals surface area contributed by atoms with Gasteiger partial charge in [0.25, 0.3) is 5.91 Å². The third kappa shape index (κ3) is 6.18. The number of hydrogen-bond donors (Lipinski definition) is 2. The lowest BCUT2D eigenvalue weighted by Gasteiger charge is -2.14. The van der Waals surface area contributed by atoms with Crippen LogP contribution in [0, 0.1) is 20.8 Å². The van der Waals surface area contributed by atoms with Gasteiger partial charge in [-0.25, -0.2) is 4.99 Å². The number of anilines is 1. The van der Waals surface area contributed by atoms with Crippen molar-refractivity contribution in [3.63, 3.8) is 0 Å². The fraction of sp³-hybridized carbons (Fsp3) is 0.292. The molecule has 7 heteroatoms. The van der Waals surface area contributed by atoms with Gasteiger partial charge in [-0.1, -0.05) is 36.2 Å². The Kier molecular flexibility index (Phi) is 7.47. The Bertz CT molecular complexity index is 1100. The minimum atomic E-state index is -0.222. The summed E-state index contributed by atoms with van der Waals surface area (Å²) in [5.74, 6) is 0.152. The molecule has 3 rings (SSSR count). The molecule has 6 nitrogen and oxygen atoms in total. The molecule has 0 fully saturated rings. The molecule has 0 aliphatic heterocycles. The van der Waals surface area contributed by atoms with Crippen molar-refractivity contribution in [2.45, 2.75) is 47.2 Å². The van der Waals surface area contributed by atoms with Crippen LogP contribution < -0.4 is 10.6 Å². The summed E-state index contributed by atoms with van der Waals surface area (Å²) >= 11 is 6.08. The second-order valence-electron chi connectivity index (χ2n) is 7.58. The molecule has 0 aliphatic rings. The van der Waals surface area contributed by atoms with E-state index in [1.807, 2.05) is 62.0 Å². The van der Waals surface area contributed by atoms with Crippen molar-refractivity contribution in [2.75, 3.05) is 5.32 Å². The Balaban J connectivity index is 1.85.